The molecule has 3 aromatic rings. The monoisotopic (exact) mass is 567 g/mol. The van der Waals surface area contributed by atoms with E-state index in [-0.39, 0.29) is 22.9 Å². The van der Waals surface area contributed by atoms with Gasteiger partial charge in [-0.1, -0.05) is 74.9 Å². The van der Waals surface area contributed by atoms with Crippen molar-refractivity contribution in [3.05, 3.63) is 95.3 Å². The molecule has 0 aliphatic heterocycles. The molecule has 9 heteroatoms. The van der Waals surface area contributed by atoms with Gasteiger partial charge in [0.2, 0.25) is 11.8 Å². The van der Waals surface area contributed by atoms with Crippen LogP contribution in [0.15, 0.2) is 77.7 Å². The van der Waals surface area contributed by atoms with Crippen molar-refractivity contribution in [2.45, 2.75) is 58.5 Å². The summed E-state index contributed by atoms with van der Waals surface area (Å²) in [6.45, 7) is 8.87. The van der Waals surface area contributed by atoms with Gasteiger partial charge in [0, 0.05) is 18.7 Å². The van der Waals surface area contributed by atoms with E-state index in [9.17, 15) is 22.4 Å². The Balaban J connectivity index is 2.06. The van der Waals surface area contributed by atoms with Gasteiger partial charge in [0.25, 0.3) is 10.0 Å². The minimum Gasteiger partial charge on any atom is -0.354 e. The van der Waals surface area contributed by atoms with Crippen molar-refractivity contribution < 1.29 is 22.4 Å². The number of amides is 2. The highest BCUT2D eigenvalue weighted by atomic mass is 32.2. The van der Waals surface area contributed by atoms with Crippen LogP contribution in [-0.4, -0.2) is 44.3 Å². The van der Waals surface area contributed by atoms with E-state index >= 15 is 0 Å². The zero-order chi connectivity index (χ0) is 29.4. The van der Waals surface area contributed by atoms with Crippen molar-refractivity contribution in [3.8, 4) is 0 Å². The minimum atomic E-state index is -4.17. The molecule has 3 rings (SSSR count). The third kappa shape index (κ3) is 7.47. The van der Waals surface area contributed by atoms with Gasteiger partial charge in [-0.15, -0.1) is 0 Å². The number of hydrogen-bond acceptors (Lipinski definition) is 4. The highest BCUT2D eigenvalue weighted by Crippen LogP contribution is 2.28. The van der Waals surface area contributed by atoms with Crippen molar-refractivity contribution in [2.24, 2.45) is 5.92 Å². The van der Waals surface area contributed by atoms with Gasteiger partial charge in [0.15, 0.2) is 0 Å². The Kier molecular flexibility index (Phi) is 10.5. The van der Waals surface area contributed by atoms with E-state index in [0.717, 1.165) is 15.4 Å². The van der Waals surface area contributed by atoms with Gasteiger partial charge in [-0.2, -0.15) is 0 Å². The summed E-state index contributed by atoms with van der Waals surface area (Å²) in [4.78, 5) is 28.3. The number of nitrogens with one attached hydrogen (secondary N) is 1. The molecule has 7 nitrogen and oxygen atoms in total. The summed E-state index contributed by atoms with van der Waals surface area (Å²) in [6, 6.07) is 18.5. The maximum Gasteiger partial charge on any atom is 0.264 e. The Morgan fingerprint density at radius 1 is 0.900 bits per heavy atom. The summed E-state index contributed by atoms with van der Waals surface area (Å²) in [5.41, 5.74) is 2.24. The van der Waals surface area contributed by atoms with E-state index in [2.05, 4.69) is 5.32 Å². The number of benzene rings is 3. The van der Waals surface area contributed by atoms with Crippen LogP contribution in [0.1, 0.15) is 44.4 Å². The molecule has 3 aromatic carbocycles. The zero-order valence-electron chi connectivity index (χ0n) is 23.7. The molecule has 0 bridgehead atoms. The fourth-order valence-corrected chi connectivity index (χ4v) is 5.70. The Morgan fingerprint density at radius 3 is 2.10 bits per heavy atom. The van der Waals surface area contributed by atoms with E-state index in [1.807, 2.05) is 39.8 Å². The van der Waals surface area contributed by atoms with E-state index in [1.165, 1.54) is 23.1 Å². The molecule has 214 valence electrons. The second kappa shape index (κ2) is 13.6. The summed E-state index contributed by atoms with van der Waals surface area (Å²) >= 11 is 0. The molecule has 2 amide bonds. The summed E-state index contributed by atoms with van der Waals surface area (Å²) in [5.74, 6) is -1.36. The van der Waals surface area contributed by atoms with Crippen LogP contribution in [0.5, 0.6) is 0 Å². The number of halogens is 1. The molecular formula is C31H38FN3O4S. The number of nitrogens with zero attached hydrogens (tertiary/aromatic N) is 2. The van der Waals surface area contributed by atoms with Crippen molar-refractivity contribution in [3.63, 3.8) is 0 Å². The predicted molar refractivity (Wildman–Crippen MR) is 156 cm³/mol. The molecule has 0 spiro atoms. The molecule has 0 aliphatic rings. The summed E-state index contributed by atoms with van der Waals surface area (Å²) in [5, 5.41) is 2.82. The number of carbonyl (C=O) groups is 2. The van der Waals surface area contributed by atoms with Crippen molar-refractivity contribution >= 4 is 27.5 Å². The van der Waals surface area contributed by atoms with E-state index in [0.29, 0.717) is 18.7 Å². The number of anilines is 1. The average Bonchev–Trinajstić information content (AvgIpc) is 2.93. The summed E-state index contributed by atoms with van der Waals surface area (Å²) in [6.07, 6.45) is 0.539. The van der Waals surface area contributed by atoms with Gasteiger partial charge < -0.3 is 10.2 Å². The second-order valence-electron chi connectivity index (χ2n) is 10.2. The molecule has 0 heterocycles. The Hall–Kier alpha value is -3.72. The number of aryl methyl sites for hydroxylation is 2. The first-order valence-corrected chi connectivity index (χ1v) is 14.9. The second-order valence-corrected chi connectivity index (χ2v) is 12.1. The van der Waals surface area contributed by atoms with Crippen LogP contribution >= 0.6 is 0 Å². The molecule has 0 fully saturated rings. The molecular weight excluding hydrogens is 529 g/mol. The number of hydrogen-bond donors (Lipinski definition) is 1. The molecule has 1 atom stereocenters. The maximum atomic E-state index is 14.7. The fourth-order valence-electron chi connectivity index (χ4n) is 4.25. The van der Waals surface area contributed by atoms with Gasteiger partial charge in [0.1, 0.15) is 18.4 Å². The molecule has 0 radical (unpaired) electrons. The molecule has 1 unspecified atom stereocenters. The Morgan fingerprint density at radius 2 is 1.50 bits per heavy atom. The maximum absolute atomic E-state index is 14.7. The first-order valence-electron chi connectivity index (χ1n) is 13.4. The van der Waals surface area contributed by atoms with Crippen LogP contribution in [0.4, 0.5) is 10.1 Å². The average molecular weight is 568 g/mol. The molecule has 40 heavy (non-hydrogen) atoms. The van der Waals surface area contributed by atoms with Gasteiger partial charge in [0.05, 0.1) is 10.6 Å². The van der Waals surface area contributed by atoms with Crippen LogP contribution in [0.25, 0.3) is 0 Å². The van der Waals surface area contributed by atoms with Crippen molar-refractivity contribution in [2.75, 3.05) is 17.4 Å². The SMILES string of the molecule is CCc1ccccc1N(CC(=O)N(Cc1ccccc1F)C(C)C(=O)NCC(C)C)S(=O)(=O)c1ccc(C)cc1. The number of para-hydroxylation sites is 1. The Labute approximate surface area is 237 Å². The molecule has 0 saturated heterocycles. The van der Waals surface area contributed by atoms with Crippen LogP contribution in [0, 0.1) is 18.7 Å². The Bertz CT molecular complexity index is 1420. The largest absolute Gasteiger partial charge is 0.354 e. The molecule has 1 N–H and O–H groups in total. The lowest BCUT2D eigenvalue weighted by Crippen LogP contribution is -2.51. The number of rotatable bonds is 12. The minimum absolute atomic E-state index is 0.0418. The first-order chi connectivity index (χ1) is 18.9. The lowest BCUT2D eigenvalue weighted by molar-refractivity contribution is -0.139. The highest BCUT2D eigenvalue weighted by Gasteiger charge is 2.33. The summed E-state index contributed by atoms with van der Waals surface area (Å²) in [7, 11) is -4.17. The van der Waals surface area contributed by atoms with Crippen molar-refractivity contribution in [1.82, 2.24) is 10.2 Å². The third-order valence-electron chi connectivity index (χ3n) is 6.68. The number of sulfonamides is 1. The first kappa shape index (κ1) is 30.8. The van der Waals surface area contributed by atoms with Crippen LogP contribution in [0.3, 0.4) is 0 Å². The van der Waals surface area contributed by atoms with Gasteiger partial charge >= 0.3 is 0 Å². The molecule has 0 aromatic heterocycles. The topological polar surface area (TPSA) is 86.8 Å². The van der Waals surface area contributed by atoms with E-state index < -0.39 is 40.2 Å². The normalized spacial score (nSPS) is 12.2. The predicted octanol–water partition coefficient (Wildman–Crippen LogP) is 5.08. The molecule has 0 aliphatic carbocycles. The van der Waals surface area contributed by atoms with Crippen LogP contribution in [0.2, 0.25) is 0 Å². The van der Waals surface area contributed by atoms with Gasteiger partial charge in [-0.3, -0.25) is 13.9 Å². The summed E-state index contributed by atoms with van der Waals surface area (Å²) < 4.78 is 43.7. The quantitative estimate of drug-likeness (QED) is 0.331. The fraction of sp³-hybridized carbons (Fsp3) is 0.355. The zero-order valence-corrected chi connectivity index (χ0v) is 24.5. The van der Waals surface area contributed by atoms with E-state index in [4.69, 9.17) is 0 Å². The van der Waals surface area contributed by atoms with Gasteiger partial charge in [-0.05, 0) is 56.0 Å². The molecule has 0 saturated carbocycles. The smallest absolute Gasteiger partial charge is 0.264 e. The highest BCUT2D eigenvalue weighted by molar-refractivity contribution is 7.92. The third-order valence-corrected chi connectivity index (χ3v) is 8.45. The van der Waals surface area contributed by atoms with E-state index in [1.54, 1.807) is 49.4 Å². The number of carbonyl (C=O) groups excluding carboxylic acids is 2. The van der Waals surface area contributed by atoms with Crippen LogP contribution < -0.4 is 9.62 Å². The van der Waals surface area contributed by atoms with Crippen LogP contribution in [-0.2, 0) is 32.6 Å². The lowest BCUT2D eigenvalue weighted by atomic mass is 10.1. The standard InChI is InChI=1S/C31H38FN3O4S/c1-6-25-11-8-10-14-29(25)35(40(38,39)27-17-15-23(4)16-18-27)21-30(36)34(20-26-12-7-9-13-28(26)32)24(5)31(37)33-19-22(2)3/h7-18,22,24H,6,19-21H2,1-5H3,(H,33,37). The van der Waals surface area contributed by atoms with Crippen molar-refractivity contribution in [1.29, 1.82) is 0 Å². The lowest BCUT2D eigenvalue weighted by Gasteiger charge is -2.32. The van der Waals surface area contributed by atoms with Gasteiger partial charge in [-0.25, -0.2) is 12.8 Å².